The van der Waals surface area contributed by atoms with Crippen molar-refractivity contribution in [2.24, 2.45) is 17.8 Å². The Kier molecular flexibility index (Phi) is 10.2. The first kappa shape index (κ1) is 30.5. The number of benzene rings is 1. The highest BCUT2D eigenvalue weighted by Gasteiger charge is 2.28. The standard InChI is InChI=1S/C30H36N2O8/c1-6-16(3)17(4)29(37)39-18(5)40-30(38)26-22(10-11-25(32-26)27(34)31-14-19-8-9-19)23-13-21(15-33)20(7-2)12-24(23)28(35)36/h7,10-13,16-19,33H,2,6,8-9,14-15H2,1,3-5H3,(H,31,34)(H,35,36)/t16-,17-,18?/m0/s1. The number of carboxylic acids is 1. The van der Waals surface area contributed by atoms with Crippen molar-refractivity contribution in [1.29, 1.82) is 0 Å². The van der Waals surface area contributed by atoms with Crippen LogP contribution in [0, 0.1) is 17.8 Å². The fraction of sp³-hybridized carbons (Fsp3) is 0.433. The average molecular weight is 553 g/mol. The van der Waals surface area contributed by atoms with Gasteiger partial charge in [0, 0.05) is 19.0 Å². The van der Waals surface area contributed by atoms with Gasteiger partial charge in [-0.3, -0.25) is 9.59 Å². The van der Waals surface area contributed by atoms with E-state index < -0.39 is 42.6 Å². The molecule has 1 aliphatic carbocycles. The molecule has 40 heavy (non-hydrogen) atoms. The van der Waals surface area contributed by atoms with Gasteiger partial charge in [-0.05, 0) is 65.6 Å². The molecule has 10 nitrogen and oxygen atoms in total. The molecule has 3 atom stereocenters. The van der Waals surface area contributed by atoms with Gasteiger partial charge in [-0.25, -0.2) is 14.6 Å². The van der Waals surface area contributed by atoms with Crippen molar-refractivity contribution in [3.8, 4) is 11.1 Å². The number of carbonyl (C=O) groups is 4. The summed E-state index contributed by atoms with van der Waals surface area (Å²) in [6.45, 7) is 10.7. The summed E-state index contributed by atoms with van der Waals surface area (Å²) in [5.41, 5.74) is 0.369. The summed E-state index contributed by atoms with van der Waals surface area (Å²) in [6.07, 6.45) is 2.96. The second-order valence-electron chi connectivity index (χ2n) is 10.1. The first-order valence-electron chi connectivity index (χ1n) is 13.3. The maximum atomic E-state index is 13.4. The van der Waals surface area contributed by atoms with Gasteiger partial charge in [-0.2, -0.15) is 0 Å². The van der Waals surface area contributed by atoms with Gasteiger partial charge in [-0.1, -0.05) is 39.8 Å². The Morgan fingerprint density at radius 2 is 1.82 bits per heavy atom. The number of nitrogens with one attached hydrogen (secondary N) is 1. The lowest BCUT2D eigenvalue weighted by atomic mass is 9.92. The molecule has 1 unspecified atom stereocenters. The number of carbonyl (C=O) groups excluding carboxylic acids is 3. The number of aliphatic hydroxyl groups excluding tert-OH is 1. The Balaban J connectivity index is 2.02. The van der Waals surface area contributed by atoms with Crippen LogP contribution in [-0.2, 0) is 20.9 Å². The lowest BCUT2D eigenvalue weighted by Gasteiger charge is -2.21. The lowest BCUT2D eigenvalue weighted by molar-refractivity contribution is -0.171. The molecule has 3 rings (SSSR count). The average Bonchev–Trinajstić information content (AvgIpc) is 3.78. The quantitative estimate of drug-likeness (QED) is 0.242. The molecule has 1 amide bonds. The van der Waals surface area contributed by atoms with Crippen LogP contribution in [0.15, 0.2) is 30.8 Å². The third kappa shape index (κ3) is 7.32. The van der Waals surface area contributed by atoms with Gasteiger partial charge >= 0.3 is 17.9 Å². The molecule has 10 heteroatoms. The van der Waals surface area contributed by atoms with E-state index in [-0.39, 0.29) is 34.0 Å². The number of hydrogen-bond acceptors (Lipinski definition) is 8. The Labute approximate surface area is 233 Å². The SMILES string of the molecule is C=Cc1cc(C(=O)O)c(-c2ccc(C(=O)NCC3CC3)nc2C(=O)OC(C)OC(=O)[C@@H](C)[C@@H](C)CC)cc1CO. The van der Waals surface area contributed by atoms with Crippen molar-refractivity contribution in [3.05, 3.63) is 58.9 Å². The maximum absolute atomic E-state index is 13.4. The number of carboxylic acid groups (broad SMARTS) is 1. The van der Waals surface area contributed by atoms with Crippen molar-refractivity contribution in [2.75, 3.05) is 6.54 Å². The fourth-order valence-corrected chi connectivity index (χ4v) is 4.08. The summed E-state index contributed by atoms with van der Waals surface area (Å²) in [7, 11) is 0. The van der Waals surface area contributed by atoms with Crippen LogP contribution in [0.5, 0.6) is 0 Å². The monoisotopic (exact) mass is 552 g/mol. The third-order valence-corrected chi connectivity index (χ3v) is 7.18. The molecule has 0 bridgehead atoms. The fourth-order valence-electron chi connectivity index (χ4n) is 4.08. The van der Waals surface area contributed by atoms with E-state index in [1.54, 1.807) is 6.92 Å². The molecule has 0 spiro atoms. The zero-order valence-electron chi connectivity index (χ0n) is 23.2. The molecule has 1 fully saturated rings. The van der Waals surface area contributed by atoms with Crippen LogP contribution < -0.4 is 5.32 Å². The van der Waals surface area contributed by atoms with Gasteiger partial charge in [0.15, 0.2) is 5.69 Å². The zero-order chi connectivity index (χ0) is 29.6. The van der Waals surface area contributed by atoms with Crippen molar-refractivity contribution in [1.82, 2.24) is 10.3 Å². The molecule has 1 heterocycles. The van der Waals surface area contributed by atoms with Crippen LogP contribution in [0.4, 0.5) is 0 Å². The van der Waals surface area contributed by atoms with E-state index in [2.05, 4.69) is 16.9 Å². The Hall–Kier alpha value is -4.05. The number of rotatable bonds is 13. The van der Waals surface area contributed by atoms with E-state index in [9.17, 15) is 29.4 Å². The summed E-state index contributed by atoms with van der Waals surface area (Å²) in [5, 5.41) is 22.6. The second kappa shape index (κ2) is 13.3. The molecule has 1 saturated carbocycles. The van der Waals surface area contributed by atoms with Gasteiger partial charge in [0.2, 0.25) is 6.29 Å². The summed E-state index contributed by atoms with van der Waals surface area (Å²) < 4.78 is 10.7. The Morgan fingerprint density at radius 3 is 2.40 bits per heavy atom. The number of pyridine rings is 1. The molecule has 1 aromatic heterocycles. The number of aliphatic hydroxyl groups is 1. The van der Waals surface area contributed by atoms with Gasteiger partial charge in [0.05, 0.1) is 18.1 Å². The molecule has 0 saturated heterocycles. The molecule has 3 N–H and O–H groups in total. The van der Waals surface area contributed by atoms with E-state index in [0.717, 1.165) is 19.3 Å². The zero-order valence-corrected chi connectivity index (χ0v) is 23.2. The van der Waals surface area contributed by atoms with Crippen LogP contribution >= 0.6 is 0 Å². The van der Waals surface area contributed by atoms with E-state index >= 15 is 0 Å². The topological polar surface area (TPSA) is 152 Å². The van der Waals surface area contributed by atoms with E-state index in [4.69, 9.17) is 9.47 Å². The number of ether oxygens (including phenoxy) is 2. The van der Waals surface area contributed by atoms with Crippen LogP contribution in [0.2, 0.25) is 0 Å². The van der Waals surface area contributed by atoms with Crippen LogP contribution in [0.3, 0.4) is 0 Å². The summed E-state index contributed by atoms with van der Waals surface area (Å²) in [5.74, 6) is -3.27. The van der Waals surface area contributed by atoms with Crippen LogP contribution in [0.1, 0.15) is 89.4 Å². The number of hydrogen-bond donors (Lipinski definition) is 3. The molecule has 2 aromatic rings. The minimum atomic E-state index is -1.28. The summed E-state index contributed by atoms with van der Waals surface area (Å²) in [4.78, 5) is 55.1. The second-order valence-corrected chi connectivity index (χ2v) is 10.1. The van der Waals surface area contributed by atoms with Gasteiger partial charge in [0.1, 0.15) is 5.69 Å². The highest BCUT2D eigenvalue weighted by atomic mass is 16.7. The third-order valence-electron chi connectivity index (χ3n) is 7.18. The first-order valence-corrected chi connectivity index (χ1v) is 13.3. The number of aromatic nitrogens is 1. The van der Waals surface area contributed by atoms with Crippen molar-refractivity contribution >= 4 is 29.9 Å². The van der Waals surface area contributed by atoms with Crippen molar-refractivity contribution < 1.29 is 38.9 Å². The lowest BCUT2D eigenvalue weighted by Crippen LogP contribution is -2.29. The molecule has 1 aliphatic rings. The van der Waals surface area contributed by atoms with Crippen molar-refractivity contribution in [2.45, 2.75) is 59.9 Å². The highest BCUT2D eigenvalue weighted by Crippen LogP contribution is 2.32. The summed E-state index contributed by atoms with van der Waals surface area (Å²) >= 11 is 0. The molecular weight excluding hydrogens is 516 g/mol. The van der Waals surface area contributed by atoms with Crippen LogP contribution in [0.25, 0.3) is 17.2 Å². The van der Waals surface area contributed by atoms with E-state index in [1.807, 2.05) is 13.8 Å². The van der Waals surface area contributed by atoms with E-state index in [1.165, 1.54) is 37.3 Å². The predicted octanol–water partition coefficient (Wildman–Crippen LogP) is 4.45. The molecule has 214 valence electrons. The van der Waals surface area contributed by atoms with Crippen molar-refractivity contribution in [3.63, 3.8) is 0 Å². The maximum Gasteiger partial charge on any atom is 0.360 e. The Morgan fingerprint density at radius 1 is 1.12 bits per heavy atom. The normalized spacial score (nSPS) is 14.9. The first-order chi connectivity index (χ1) is 19.0. The van der Waals surface area contributed by atoms with E-state index in [0.29, 0.717) is 23.6 Å². The highest BCUT2D eigenvalue weighted by molar-refractivity contribution is 6.03. The molecule has 1 aromatic carbocycles. The number of esters is 2. The largest absolute Gasteiger partial charge is 0.478 e. The number of amides is 1. The minimum Gasteiger partial charge on any atom is -0.478 e. The van der Waals surface area contributed by atoms with Gasteiger partial charge < -0.3 is 25.0 Å². The molecular formula is C30H36N2O8. The predicted molar refractivity (Wildman–Crippen MR) is 147 cm³/mol. The smallest absolute Gasteiger partial charge is 0.360 e. The number of aromatic carboxylic acids is 1. The van der Waals surface area contributed by atoms with Gasteiger partial charge in [0.25, 0.3) is 5.91 Å². The minimum absolute atomic E-state index is 0.0585. The van der Waals surface area contributed by atoms with Crippen LogP contribution in [-0.4, -0.2) is 51.8 Å². The summed E-state index contributed by atoms with van der Waals surface area (Å²) in [6, 6.07) is 5.56. The molecule has 0 aliphatic heterocycles. The number of nitrogens with zero attached hydrogens (tertiary/aromatic N) is 1. The van der Waals surface area contributed by atoms with Gasteiger partial charge in [-0.15, -0.1) is 0 Å². The Bertz CT molecular complexity index is 1300. The molecule has 0 radical (unpaired) electrons.